The highest BCUT2D eigenvalue weighted by Crippen LogP contribution is 2.34. The fourth-order valence-electron chi connectivity index (χ4n) is 2.73. The smallest absolute Gasteiger partial charge is 0.263 e. The van der Waals surface area contributed by atoms with Crippen LogP contribution < -0.4 is 11.1 Å². The number of hydrogen-bond donors (Lipinski definition) is 2. The summed E-state index contributed by atoms with van der Waals surface area (Å²) in [5.74, 6) is -0.360. The molecule has 0 aliphatic carbocycles. The van der Waals surface area contributed by atoms with Crippen molar-refractivity contribution in [2.24, 2.45) is 0 Å². The number of fused-ring (bicyclic) bond motifs is 1. The van der Waals surface area contributed by atoms with Crippen LogP contribution in [0.2, 0.25) is 0 Å². The first-order valence-electron chi connectivity index (χ1n) is 8.50. The third kappa shape index (κ3) is 3.75. The maximum Gasteiger partial charge on any atom is 0.263 e. The maximum absolute atomic E-state index is 12.5. The van der Waals surface area contributed by atoms with Gasteiger partial charge < -0.3 is 16.0 Å². The Morgan fingerprint density at radius 1 is 1.19 bits per heavy atom. The largest absolute Gasteiger partial charge is 0.397 e. The van der Waals surface area contributed by atoms with E-state index in [9.17, 15) is 9.59 Å². The highest BCUT2D eigenvalue weighted by molar-refractivity contribution is 7.21. The van der Waals surface area contributed by atoms with Gasteiger partial charge >= 0.3 is 0 Å². The SMILES string of the molecule is Cc1nnc2sc(C(=O)NCCN(C)C(=O)c3ccccc3)c(N)c2c1C. The highest BCUT2D eigenvalue weighted by atomic mass is 32.1. The minimum atomic E-state index is -0.270. The first kappa shape index (κ1) is 18.8. The molecule has 0 bridgehead atoms. The van der Waals surface area contributed by atoms with E-state index in [0.29, 0.717) is 34.0 Å². The Bertz CT molecular complexity index is 1000. The molecular formula is C19H21N5O2S. The Labute approximate surface area is 161 Å². The number of aryl methyl sites for hydroxylation is 2. The van der Waals surface area contributed by atoms with Gasteiger partial charge in [-0.05, 0) is 31.5 Å². The zero-order chi connectivity index (χ0) is 19.6. The molecule has 0 unspecified atom stereocenters. The number of anilines is 1. The van der Waals surface area contributed by atoms with E-state index in [2.05, 4.69) is 15.5 Å². The number of aromatic nitrogens is 2. The molecule has 3 rings (SSSR count). The summed E-state index contributed by atoms with van der Waals surface area (Å²) in [6.07, 6.45) is 0. The number of nitrogens with two attached hydrogens (primary N) is 1. The lowest BCUT2D eigenvalue weighted by molar-refractivity contribution is 0.0787. The van der Waals surface area contributed by atoms with E-state index in [-0.39, 0.29) is 11.8 Å². The molecule has 0 aliphatic rings. The van der Waals surface area contributed by atoms with Gasteiger partial charge in [-0.3, -0.25) is 9.59 Å². The Morgan fingerprint density at radius 2 is 1.89 bits per heavy atom. The third-order valence-corrected chi connectivity index (χ3v) is 5.53. The van der Waals surface area contributed by atoms with Gasteiger partial charge in [0.05, 0.1) is 11.4 Å². The summed E-state index contributed by atoms with van der Waals surface area (Å²) >= 11 is 1.23. The van der Waals surface area contributed by atoms with Gasteiger partial charge in [0.25, 0.3) is 11.8 Å². The van der Waals surface area contributed by atoms with Crippen LogP contribution in [-0.4, -0.2) is 47.0 Å². The molecule has 0 radical (unpaired) electrons. The van der Waals surface area contributed by atoms with Crippen LogP contribution in [0, 0.1) is 13.8 Å². The number of thiophene rings is 1. The second kappa shape index (κ2) is 7.71. The number of benzene rings is 1. The second-order valence-electron chi connectivity index (χ2n) is 6.28. The molecule has 0 aliphatic heterocycles. The van der Waals surface area contributed by atoms with Crippen LogP contribution in [0.25, 0.3) is 10.2 Å². The van der Waals surface area contributed by atoms with Crippen molar-refractivity contribution in [2.45, 2.75) is 13.8 Å². The van der Waals surface area contributed by atoms with Crippen LogP contribution in [0.3, 0.4) is 0 Å². The van der Waals surface area contributed by atoms with Gasteiger partial charge in [0.2, 0.25) is 0 Å². The molecule has 0 saturated carbocycles. The average Bonchev–Trinajstić information content (AvgIpc) is 3.02. The van der Waals surface area contributed by atoms with Crippen molar-refractivity contribution < 1.29 is 9.59 Å². The summed E-state index contributed by atoms with van der Waals surface area (Å²) in [4.78, 5) is 27.5. The average molecular weight is 383 g/mol. The third-order valence-electron chi connectivity index (χ3n) is 4.44. The summed E-state index contributed by atoms with van der Waals surface area (Å²) in [5, 5.41) is 11.8. The van der Waals surface area contributed by atoms with E-state index in [1.54, 1.807) is 24.1 Å². The fourth-order valence-corrected chi connectivity index (χ4v) is 3.75. The molecular weight excluding hydrogens is 362 g/mol. The number of amides is 2. The second-order valence-corrected chi connectivity index (χ2v) is 7.28. The predicted octanol–water partition coefficient (Wildman–Crippen LogP) is 2.39. The molecule has 27 heavy (non-hydrogen) atoms. The van der Waals surface area contributed by atoms with Gasteiger partial charge in [-0.2, -0.15) is 5.10 Å². The van der Waals surface area contributed by atoms with E-state index in [0.717, 1.165) is 16.6 Å². The fraction of sp³-hybridized carbons (Fsp3) is 0.263. The van der Waals surface area contributed by atoms with Crippen LogP contribution in [-0.2, 0) is 0 Å². The summed E-state index contributed by atoms with van der Waals surface area (Å²) < 4.78 is 0. The molecule has 7 nitrogen and oxygen atoms in total. The van der Waals surface area contributed by atoms with Crippen LogP contribution in [0.4, 0.5) is 5.69 Å². The van der Waals surface area contributed by atoms with Crippen LogP contribution in [0.5, 0.6) is 0 Å². The van der Waals surface area contributed by atoms with Crippen molar-refractivity contribution in [3.63, 3.8) is 0 Å². The molecule has 1 aromatic carbocycles. The monoisotopic (exact) mass is 383 g/mol. The van der Waals surface area contributed by atoms with E-state index in [1.165, 1.54) is 11.3 Å². The van der Waals surface area contributed by atoms with E-state index in [1.807, 2.05) is 32.0 Å². The Balaban J connectivity index is 1.65. The van der Waals surface area contributed by atoms with Crippen molar-refractivity contribution in [2.75, 3.05) is 25.9 Å². The van der Waals surface area contributed by atoms with E-state index >= 15 is 0 Å². The van der Waals surface area contributed by atoms with Gasteiger partial charge in [0.1, 0.15) is 9.71 Å². The summed E-state index contributed by atoms with van der Waals surface area (Å²) in [5.41, 5.74) is 8.95. The molecule has 140 valence electrons. The van der Waals surface area contributed by atoms with Crippen LogP contribution in [0.15, 0.2) is 30.3 Å². The van der Waals surface area contributed by atoms with Gasteiger partial charge in [0.15, 0.2) is 0 Å². The molecule has 8 heteroatoms. The van der Waals surface area contributed by atoms with Crippen molar-refractivity contribution in [1.82, 2.24) is 20.4 Å². The van der Waals surface area contributed by atoms with Crippen molar-refractivity contribution >= 4 is 39.1 Å². The lowest BCUT2D eigenvalue weighted by atomic mass is 10.1. The number of carbonyl (C=O) groups excluding carboxylic acids is 2. The van der Waals surface area contributed by atoms with Crippen molar-refractivity contribution in [1.29, 1.82) is 0 Å². The Kier molecular flexibility index (Phi) is 5.36. The van der Waals surface area contributed by atoms with Gasteiger partial charge in [0, 0.05) is 31.1 Å². The molecule has 0 atom stereocenters. The van der Waals surface area contributed by atoms with Crippen LogP contribution >= 0.6 is 11.3 Å². The normalized spacial score (nSPS) is 10.8. The molecule has 0 saturated heterocycles. The molecule has 2 heterocycles. The van der Waals surface area contributed by atoms with Crippen LogP contribution in [0.1, 0.15) is 31.3 Å². The maximum atomic E-state index is 12.5. The minimum Gasteiger partial charge on any atom is -0.397 e. The quantitative estimate of drug-likeness (QED) is 0.704. The Hall–Kier alpha value is -3.00. The number of nitrogens with one attached hydrogen (secondary N) is 1. The molecule has 0 fully saturated rings. The lowest BCUT2D eigenvalue weighted by Gasteiger charge is -2.17. The number of hydrogen-bond acceptors (Lipinski definition) is 6. The van der Waals surface area contributed by atoms with Gasteiger partial charge in [-0.25, -0.2) is 0 Å². The van der Waals surface area contributed by atoms with Crippen molar-refractivity contribution in [3.05, 3.63) is 52.0 Å². The Morgan fingerprint density at radius 3 is 2.59 bits per heavy atom. The number of nitrogens with zero attached hydrogens (tertiary/aromatic N) is 3. The zero-order valence-electron chi connectivity index (χ0n) is 15.4. The van der Waals surface area contributed by atoms with E-state index < -0.39 is 0 Å². The molecule has 3 aromatic rings. The molecule has 2 aromatic heterocycles. The van der Waals surface area contributed by atoms with Gasteiger partial charge in [-0.1, -0.05) is 18.2 Å². The van der Waals surface area contributed by atoms with Gasteiger partial charge in [-0.15, -0.1) is 16.4 Å². The minimum absolute atomic E-state index is 0.0902. The molecule has 2 amide bonds. The number of nitrogen functional groups attached to an aromatic ring is 1. The lowest BCUT2D eigenvalue weighted by Crippen LogP contribution is -2.36. The van der Waals surface area contributed by atoms with E-state index in [4.69, 9.17) is 5.73 Å². The summed E-state index contributed by atoms with van der Waals surface area (Å²) in [6, 6.07) is 9.03. The summed E-state index contributed by atoms with van der Waals surface area (Å²) in [6.45, 7) is 4.49. The first-order chi connectivity index (χ1) is 12.9. The first-order valence-corrected chi connectivity index (χ1v) is 9.32. The number of likely N-dealkylation sites (N-methyl/N-ethyl adjacent to an activating group) is 1. The zero-order valence-corrected chi connectivity index (χ0v) is 16.3. The number of rotatable bonds is 5. The number of carbonyl (C=O) groups is 2. The standard InChI is InChI=1S/C19H21N5O2S/c1-11-12(2)22-23-18-14(11)15(20)16(27-18)17(25)21-9-10-24(3)19(26)13-7-5-4-6-8-13/h4-8H,9-10,20H2,1-3H3,(H,21,25). The van der Waals surface area contributed by atoms with Crippen molar-refractivity contribution in [3.8, 4) is 0 Å². The summed E-state index contributed by atoms with van der Waals surface area (Å²) in [7, 11) is 1.71. The molecule has 0 spiro atoms. The highest BCUT2D eigenvalue weighted by Gasteiger charge is 2.20. The predicted molar refractivity (Wildman–Crippen MR) is 107 cm³/mol. The molecule has 3 N–H and O–H groups in total. The topological polar surface area (TPSA) is 101 Å².